The molecule has 0 aliphatic carbocycles. The van der Waals surface area contributed by atoms with Crippen LogP contribution in [0.5, 0.6) is 0 Å². The fourth-order valence-electron chi connectivity index (χ4n) is 4.37. The average Bonchev–Trinajstić information content (AvgIpc) is 2.91. The van der Waals surface area contributed by atoms with E-state index in [1.807, 2.05) is 60.7 Å². The van der Waals surface area contributed by atoms with Gasteiger partial charge in [-0.1, -0.05) is 48.5 Å². The van der Waals surface area contributed by atoms with Gasteiger partial charge in [-0.2, -0.15) is 0 Å². The van der Waals surface area contributed by atoms with E-state index in [9.17, 15) is 9.59 Å². The van der Waals surface area contributed by atoms with Crippen LogP contribution in [0.3, 0.4) is 0 Å². The van der Waals surface area contributed by atoms with Crippen LogP contribution >= 0.6 is 0 Å². The van der Waals surface area contributed by atoms with E-state index in [0.717, 1.165) is 11.1 Å². The predicted molar refractivity (Wildman–Crippen MR) is 137 cm³/mol. The van der Waals surface area contributed by atoms with Crippen LogP contribution in [0.4, 0.5) is 11.4 Å². The maximum Gasteiger partial charge on any atom is 0.248 e. The van der Waals surface area contributed by atoms with Crippen LogP contribution < -0.4 is 10.6 Å². The van der Waals surface area contributed by atoms with Crippen molar-refractivity contribution in [1.29, 1.82) is 0 Å². The number of carbonyl (C=O) groups excluding carboxylic acids is 2. The molecule has 0 radical (unpaired) electrons. The highest BCUT2D eigenvalue weighted by Crippen LogP contribution is 2.31. The molecule has 1 heterocycles. The van der Waals surface area contributed by atoms with Gasteiger partial charge in [-0.15, -0.1) is 0 Å². The summed E-state index contributed by atoms with van der Waals surface area (Å²) in [5.41, 5.74) is 9.35. The van der Waals surface area contributed by atoms with Gasteiger partial charge in [0.05, 0.1) is 19.3 Å². The molecule has 1 aliphatic rings. The van der Waals surface area contributed by atoms with Gasteiger partial charge in [0.15, 0.2) is 0 Å². The maximum absolute atomic E-state index is 14.2. The third-order valence-electron chi connectivity index (χ3n) is 6.21. The van der Waals surface area contributed by atoms with Crippen molar-refractivity contribution in [1.82, 2.24) is 4.90 Å². The van der Waals surface area contributed by atoms with Gasteiger partial charge < -0.3 is 15.2 Å². The van der Waals surface area contributed by atoms with Crippen molar-refractivity contribution in [3.63, 3.8) is 0 Å². The number of amides is 2. The fraction of sp³-hybridized carbons (Fsp3) is 0.286. The second-order valence-corrected chi connectivity index (χ2v) is 8.45. The molecular formula is C28H31N3O4. The van der Waals surface area contributed by atoms with Crippen LogP contribution in [0, 0.1) is 0 Å². The highest BCUT2D eigenvalue weighted by Gasteiger charge is 2.32. The molecule has 1 saturated heterocycles. The number of rotatable bonds is 9. The molecular weight excluding hydrogens is 442 g/mol. The summed E-state index contributed by atoms with van der Waals surface area (Å²) >= 11 is 0. The number of hydrogen-bond donors (Lipinski definition) is 1. The molecule has 7 nitrogen and oxygen atoms in total. The summed E-state index contributed by atoms with van der Waals surface area (Å²) in [6.45, 7) is 2.96. The van der Waals surface area contributed by atoms with Crippen molar-refractivity contribution >= 4 is 23.2 Å². The minimum absolute atomic E-state index is 0.0852. The zero-order valence-corrected chi connectivity index (χ0v) is 19.9. The lowest BCUT2D eigenvalue weighted by molar-refractivity contribution is -0.125. The summed E-state index contributed by atoms with van der Waals surface area (Å²) in [5.74, 6) is -0.624. The molecule has 35 heavy (non-hydrogen) atoms. The molecule has 0 bridgehead atoms. The number of hydrogen-bond acceptors (Lipinski definition) is 5. The summed E-state index contributed by atoms with van der Waals surface area (Å²) in [6, 6.07) is 24.4. The van der Waals surface area contributed by atoms with Gasteiger partial charge in [0, 0.05) is 43.7 Å². The van der Waals surface area contributed by atoms with E-state index < -0.39 is 11.9 Å². The molecule has 1 aliphatic heterocycles. The van der Waals surface area contributed by atoms with Gasteiger partial charge in [0.1, 0.15) is 0 Å². The molecule has 3 aromatic carbocycles. The lowest BCUT2D eigenvalue weighted by Crippen LogP contribution is -2.52. The summed E-state index contributed by atoms with van der Waals surface area (Å²) in [6.07, 6.45) is 0.545. The number of nitrogens with zero attached hydrogens (tertiary/aromatic N) is 2. The second-order valence-electron chi connectivity index (χ2n) is 8.45. The standard InChI is InChI=1S/C28H31N3O4/c1-34-17-14-26(30-15-18-35-19-16-30)28(33)31(25-9-5-8-23(20-25)27(29)32)24-12-10-22(11-13-24)21-6-3-2-4-7-21/h2-13,20,26H,14-19H2,1H3,(H2,29,32)/t26-/m1/s1. The molecule has 7 heteroatoms. The van der Waals surface area contributed by atoms with Crippen LogP contribution in [0.2, 0.25) is 0 Å². The summed E-state index contributed by atoms with van der Waals surface area (Å²) in [4.78, 5) is 29.9. The van der Waals surface area contributed by atoms with E-state index in [2.05, 4.69) is 4.90 Å². The normalized spacial score (nSPS) is 14.9. The predicted octanol–water partition coefficient (Wildman–Crippen LogP) is 3.85. The van der Waals surface area contributed by atoms with E-state index in [1.165, 1.54) is 0 Å². The van der Waals surface area contributed by atoms with Crippen molar-refractivity contribution in [3.8, 4) is 11.1 Å². The summed E-state index contributed by atoms with van der Waals surface area (Å²) in [7, 11) is 1.64. The Morgan fingerprint density at radius 2 is 1.63 bits per heavy atom. The third-order valence-corrected chi connectivity index (χ3v) is 6.21. The lowest BCUT2D eigenvalue weighted by Gasteiger charge is -2.36. The van der Waals surface area contributed by atoms with Gasteiger partial charge >= 0.3 is 0 Å². The third kappa shape index (κ3) is 5.95. The molecule has 1 fully saturated rings. The molecule has 0 unspecified atom stereocenters. The monoisotopic (exact) mass is 473 g/mol. The quantitative estimate of drug-likeness (QED) is 0.510. The van der Waals surface area contributed by atoms with E-state index in [4.69, 9.17) is 15.2 Å². The molecule has 2 N–H and O–H groups in total. The SMILES string of the molecule is COCC[C@H](C(=O)N(c1ccc(-c2ccccc2)cc1)c1cccc(C(N)=O)c1)N1CCOCC1. The second kappa shape index (κ2) is 11.8. The van der Waals surface area contributed by atoms with Crippen LogP contribution in [-0.4, -0.2) is 62.8 Å². The van der Waals surface area contributed by atoms with Gasteiger partial charge in [-0.25, -0.2) is 0 Å². The van der Waals surface area contributed by atoms with Crippen molar-refractivity contribution in [2.45, 2.75) is 12.5 Å². The largest absolute Gasteiger partial charge is 0.385 e. The highest BCUT2D eigenvalue weighted by atomic mass is 16.5. The number of nitrogens with two attached hydrogens (primary N) is 1. The lowest BCUT2D eigenvalue weighted by atomic mass is 10.0. The first-order valence-electron chi connectivity index (χ1n) is 11.8. The van der Waals surface area contributed by atoms with E-state index in [1.54, 1.807) is 30.2 Å². The number of morpholine rings is 1. The molecule has 2 amide bonds. The smallest absolute Gasteiger partial charge is 0.248 e. The molecule has 1 atom stereocenters. The Morgan fingerprint density at radius 1 is 0.943 bits per heavy atom. The zero-order valence-electron chi connectivity index (χ0n) is 19.9. The Balaban J connectivity index is 1.74. The first-order chi connectivity index (χ1) is 17.1. The number of methoxy groups -OCH3 is 1. The highest BCUT2D eigenvalue weighted by molar-refractivity contribution is 6.05. The van der Waals surface area contributed by atoms with E-state index >= 15 is 0 Å². The van der Waals surface area contributed by atoms with Crippen molar-refractivity contribution in [3.05, 3.63) is 84.4 Å². The number of benzene rings is 3. The first-order valence-corrected chi connectivity index (χ1v) is 11.8. The Labute approximate surface area is 206 Å². The minimum Gasteiger partial charge on any atom is -0.385 e. The molecule has 0 spiro atoms. The van der Waals surface area contributed by atoms with Gasteiger partial charge in [0.2, 0.25) is 11.8 Å². The van der Waals surface area contributed by atoms with Gasteiger partial charge in [-0.3, -0.25) is 19.4 Å². The van der Waals surface area contributed by atoms with Crippen molar-refractivity contribution < 1.29 is 19.1 Å². The number of ether oxygens (including phenoxy) is 2. The maximum atomic E-state index is 14.2. The topological polar surface area (TPSA) is 85.1 Å². The Kier molecular flexibility index (Phi) is 8.26. The number of carbonyl (C=O) groups is 2. The van der Waals surface area contributed by atoms with Crippen LogP contribution in [0.1, 0.15) is 16.8 Å². The molecule has 182 valence electrons. The van der Waals surface area contributed by atoms with Crippen LogP contribution in [0.15, 0.2) is 78.9 Å². The van der Waals surface area contributed by atoms with Crippen LogP contribution in [0.25, 0.3) is 11.1 Å². The average molecular weight is 474 g/mol. The number of primary amides is 1. The molecule has 3 aromatic rings. The van der Waals surface area contributed by atoms with Gasteiger partial charge in [-0.05, 0) is 47.9 Å². The molecule has 0 aromatic heterocycles. The molecule has 4 rings (SSSR count). The summed E-state index contributed by atoms with van der Waals surface area (Å²) in [5, 5.41) is 0. The minimum atomic E-state index is -0.539. The first kappa shape index (κ1) is 24.6. The van der Waals surface area contributed by atoms with E-state index in [0.29, 0.717) is 56.3 Å². The van der Waals surface area contributed by atoms with Crippen molar-refractivity contribution in [2.75, 3.05) is 44.9 Å². The fourth-order valence-corrected chi connectivity index (χ4v) is 4.37. The van der Waals surface area contributed by atoms with Gasteiger partial charge in [0.25, 0.3) is 0 Å². The zero-order chi connectivity index (χ0) is 24.6. The van der Waals surface area contributed by atoms with Crippen molar-refractivity contribution in [2.24, 2.45) is 5.73 Å². The summed E-state index contributed by atoms with van der Waals surface area (Å²) < 4.78 is 10.8. The van der Waals surface area contributed by atoms with Crippen LogP contribution in [-0.2, 0) is 14.3 Å². The number of anilines is 2. The molecule has 0 saturated carbocycles. The Morgan fingerprint density at radius 3 is 2.29 bits per heavy atom. The Hall–Kier alpha value is -3.52. The van der Waals surface area contributed by atoms with E-state index in [-0.39, 0.29) is 5.91 Å². The Bertz CT molecular complexity index is 1130.